The molecule has 1 N–H and O–H groups in total. The molecule has 2 aromatic rings. The van der Waals surface area contributed by atoms with Gasteiger partial charge in [0.1, 0.15) is 0 Å². The quantitative estimate of drug-likeness (QED) is 0.924. The molecular formula is C17H24N2O. The van der Waals surface area contributed by atoms with Gasteiger partial charge in [0.2, 0.25) is 0 Å². The standard InChI is InChI=1S/C17H24N2O/c1-2-19-16-11-7-6-10-14(16)15(18-19)12-17(20)13-8-4-3-5-9-13/h6-7,10-11,13,17,20H,2-5,8-9,12H2,1H3. The Morgan fingerprint density at radius 1 is 1.25 bits per heavy atom. The van der Waals surface area contributed by atoms with Gasteiger partial charge in [0.05, 0.1) is 17.3 Å². The predicted molar refractivity (Wildman–Crippen MR) is 81.7 cm³/mol. The molecule has 0 amide bonds. The highest BCUT2D eigenvalue weighted by Crippen LogP contribution is 2.29. The van der Waals surface area contributed by atoms with Gasteiger partial charge in [-0.15, -0.1) is 0 Å². The number of aryl methyl sites for hydroxylation is 1. The lowest BCUT2D eigenvalue weighted by Crippen LogP contribution is -2.25. The number of nitrogens with zero attached hydrogens (tertiary/aromatic N) is 2. The normalized spacial score (nSPS) is 18.5. The molecule has 0 spiro atoms. The van der Waals surface area contributed by atoms with Crippen molar-refractivity contribution in [2.45, 2.75) is 58.1 Å². The average Bonchev–Trinajstić information content (AvgIpc) is 2.86. The smallest absolute Gasteiger partial charge is 0.0729 e. The second-order valence-corrected chi connectivity index (χ2v) is 5.95. The SMILES string of the molecule is CCn1nc(CC(O)C2CCCCC2)c2ccccc21. The van der Waals surface area contributed by atoms with Crippen LogP contribution >= 0.6 is 0 Å². The largest absolute Gasteiger partial charge is 0.392 e. The maximum atomic E-state index is 10.5. The van der Waals surface area contributed by atoms with Gasteiger partial charge in [-0.3, -0.25) is 4.68 Å². The summed E-state index contributed by atoms with van der Waals surface area (Å²) in [5, 5.41) is 16.4. The van der Waals surface area contributed by atoms with E-state index in [1.54, 1.807) is 0 Å². The lowest BCUT2D eigenvalue weighted by molar-refractivity contribution is 0.0844. The van der Waals surface area contributed by atoms with Crippen molar-refractivity contribution >= 4 is 10.9 Å². The molecule has 1 aromatic heterocycles. The Morgan fingerprint density at radius 3 is 2.75 bits per heavy atom. The summed E-state index contributed by atoms with van der Waals surface area (Å²) in [4.78, 5) is 0. The number of aliphatic hydroxyl groups is 1. The van der Waals surface area contributed by atoms with E-state index in [4.69, 9.17) is 5.10 Å². The molecule has 1 saturated carbocycles. The summed E-state index contributed by atoms with van der Waals surface area (Å²) in [5.74, 6) is 0.467. The predicted octanol–water partition coefficient (Wildman–Crippen LogP) is 3.54. The molecule has 108 valence electrons. The molecule has 3 rings (SSSR count). The minimum absolute atomic E-state index is 0.237. The van der Waals surface area contributed by atoms with Crippen molar-refractivity contribution in [3.05, 3.63) is 30.0 Å². The Hall–Kier alpha value is -1.35. The van der Waals surface area contributed by atoms with Gasteiger partial charge in [0, 0.05) is 18.4 Å². The molecule has 0 bridgehead atoms. The van der Waals surface area contributed by atoms with Crippen LogP contribution < -0.4 is 0 Å². The van der Waals surface area contributed by atoms with Crippen molar-refractivity contribution in [1.82, 2.24) is 9.78 Å². The summed E-state index contributed by atoms with van der Waals surface area (Å²) < 4.78 is 2.04. The third-order valence-corrected chi connectivity index (χ3v) is 4.63. The van der Waals surface area contributed by atoms with E-state index in [0.717, 1.165) is 12.2 Å². The summed E-state index contributed by atoms with van der Waals surface area (Å²) in [6.45, 7) is 2.99. The summed E-state index contributed by atoms with van der Waals surface area (Å²) in [5.41, 5.74) is 2.24. The van der Waals surface area contributed by atoms with E-state index < -0.39 is 0 Å². The molecule has 0 radical (unpaired) electrons. The zero-order valence-corrected chi connectivity index (χ0v) is 12.3. The zero-order valence-electron chi connectivity index (χ0n) is 12.3. The lowest BCUT2D eigenvalue weighted by Gasteiger charge is -2.26. The molecule has 1 aliphatic carbocycles. The second kappa shape index (κ2) is 5.96. The molecule has 0 aliphatic heterocycles. The highest BCUT2D eigenvalue weighted by atomic mass is 16.3. The molecule has 1 unspecified atom stereocenters. The first kappa shape index (κ1) is 13.6. The van der Waals surface area contributed by atoms with Crippen molar-refractivity contribution in [2.75, 3.05) is 0 Å². The number of rotatable bonds is 4. The Balaban J connectivity index is 1.83. The lowest BCUT2D eigenvalue weighted by atomic mass is 9.83. The Kier molecular flexibility index (Phi) is 4.06. The first-order valence-electron chi connectivity index (χ1n) is 7.92. The minimum Gasteiger partial charge on any atom is -0.392 e. The Labute approximate surface area is 120 Å². The van der Waals surface area contributed by atoms with Gasteiger partial charge in [-0.2, -0.15) is 5.10 Å². The molecule has 1 fully saturated rings. The van der Waals surface area contributed by atoms with Crippen molar-refractivity contribution in [3.63, 3.8) is 0 Å². The van der Waals surface area contributed by atoms with Crippen molar-refractivity contribution in [1.29, 1.82) is 0 Å². The first-order chi connectivity index (χ1) is 9.79. The molecule has 0 saturated heterocycles. The van der Waals surface area contributed by atoms with E-state index >= 15 is 0 Å². The number of aromatic nitrogens is 2. The number of fused-ring (bicyclic) bond motifs is 1. The van der Waals surface area contributed by atoms with Gasteiger partial charge in [-0.1, -0.05) is 37.5 Å². The molecule has 1 aliphatic rings. The summed E-state index contributed by atoms with van der Waals surface area (Å²) >= 11 is 0. The van der Waals surface area contributed by atoms with Gasteiger partial charge in [0.25, 0.3) is 0 Å². The second-order valence-electron chi connectivity index (χ2n) is 5.95. The number of para-hydroxylation sites is 1. The van der Waals surface area contributed by atoms with Crippen molar-refractivity contribution < 1.29 is 5.11 Å². The van der Waals surface area contributed by atoms with Crippen LogP contribution in [0.3, 0.4) is 0 Å². The highest BCUT2D eigenvalue weighted by Gasteiger charge is 2.23. The van der Waals surface area contributed by atoms with E-state index in [0.29, 0.717) is 12.3 Å². The van der Waals surface area contributed by atoms with Gasteiger partial charge >= 0.3 is 0 Å². The van der Waals surface area contributed by atoms with Crippen LogP contribution in [-0.4, -0.2) is 21.0 Å². The molecular weight excluding hydrogens is 248 g/mol. The Bertz CT molecular complexity index is 569. The van der Waals surface area contributed by atoms with Crippen LogP contribution in [0.4, 0.5) is 0 Å². The fourth-order valence-electron chi connectivity index (χ4n) is 3.47. The monoisotopic (exact) mass is 272 g/mol. The van der Waals surface area contributed by atoms with Crippen LogP contribution in [0, 0.1) is 5.92 Å². The Morgan fingerprint density at radius 2 is 2.00 bits per heavy atom. The molecule has 1 aromatic carbocycles. The molecule has 3 nitrogen and oxygen atoms in total. The van der Waals surface area contributed by atoms with E-state index in [2.05, 4.69) is 31.2 Å². The summed E-state index contributed by atoms with van der Waals surface area (Å²) in [6, 6.07) is 8.35. The van der Waals surface area contributed by atoms with Crippen LogP contribution in [0.2, 0.25) is 0 Å². The van der Waals surface area contributed by atoms with Crippen LogP contribution in [0.25, 0.3) is 10.9 Å². The number of benzene rings is 1. The van der Waals surface area contributed by atoms with E-state index in [9.17, 15) is 5.11 Å². The molecule has 3 heteroatoms. The topological polar surface area (TPSA) is 38.0 Å². The first-order valence-corrected chi connectivity index (χ1v) is 7.92. The summed E-state index contributed by atoms with van der Waals surface area (Å²) in [6.07, 6.45) is 6.67. The highest BCUT2D eigenvalue weighted by molar-refractivity contribution is 5.82. The fourth-order valence-corrected chi connectivity index (χ4v) is 3.47. The van der Waals surface area contributed by atoms with Gasteiger partial charge in [-0.05, 0) is 31.7 Å². The third-order valence-electron chi connectivity index (χ3n) is 4.63. The van der Waals surface area contributed by atoms with Crippen LogP contribution in [-0.2, 0) is 13.0 Å². The third kappa shape index (κ3) is 2.59. The molecule has 1 heterocycles. The van der Waals surface area contributed by atoms with Crippen LogP contribution in [0.1, 0.15) is 44.7 Å². The van der Waals surface area contributed by atoms with Gasteiger partial charge in [0.15, 0.2) is 0 Å². The van der Waals surface area contributed by atoms with Gasteiger partial charge in [-0.25, -0.2) is 0 Å². The fraction of sp³-hybridized carbons (Fsp3) is 0.588. The number of hydrogen-bond acceptors (Lipinski definition) is 2. The van der Waals surface area contributed by atoms with Crippen molar-refractivity contribution in [3.8, 4) is 0 Å². The maximum Gasteiger partial charge on any atom is 0.0729 e. The van der Waals surface area contributed by atoms with Crippen molar-refractivity contribution in [2.24, 2.45) is 5.92 Å². The van der Waals surface area contributed by atoms with E-state index in [-0.39, 0.29) is 6.10 Å². The number of hydrogen-bond donors (Lipinski definition) is 1. The molecule has 20 heavy (non-hydrogen) atoms. The number of aliphatic hydroxyl groups excluding tert-OH is 1. The maximum absolute atomic E-state index is 10.5. The van der Waals surface area contributed by atoms with Gasteiger partial charge < -0.3 is 5.11 Å². The zero-order chi connectivity index (χ0) is 13.9. The van der Waals surface area contributed by atoms with Crippen LogP contribution in [0.15, 0.2) is 24.3 Å². The van der Waals surface area contributed by atoms with E-state index in [1.807, 2.05) is 4.68 Å². The molecule has 1 atom stereocenters. The van der Waals surface area contributed by atoms with Crippen LogP contribution in [0.5, 0.6) is 0 Å². The minimum atomic E-state index is -0.237. The summed E-state index contributed by atoms with van der Waals surface area (Å²) in [7, 11) is 0. The average molecular weight is 272 g/mol. The van der Waals surface area contributed by atoms with E-state index in [1.165, 1.54) is 43.0 Å².